The Kier molecular flexibility index (Phi) is 3.66. The molecule has 0 spiro atoms. The lowest BCUT2D eigenvalue weighted by atomic mass is 10.2. The first-order valence-electron chi connectivity index (χ1n) is 5.26. The van der Waals surface area contributed by atoms with Crippen LogP contribution in [0.1, 0.15) is 11.3 Å². The second-order valence-electron chi connectivity index (χ2n) is 3.66. The summed E-state index contributed by atoms with van der Waals surface area (Å²) in [6.07, 6.45) is 3.65. The quantitative estimate of drug-likeness (QED) is 0.905. The molecule has 0 aliphatic heterocycles. The number of hydrogen-bond acceptors (Lipinski definition) is 3. The number of halogens is 1. The van der Waals surface area contributed by atoms with E-state index in [4.69, 9.17) is 22.1 Å². The summed E-state index contributed by atoms with van der Waals surface area (Å²) in [7, 11) is 1.63. The number of imidazole rings is 1. The summed E-state index contributed by atoms with van der Waals surface area (Å²) in [6.45, 7) is 1.06. The minimum atomic E-state index is 0.437. The molecule has 2 rings (SSSR count). The number of rotatable bonds is 4. The van der Waals surface area contributed by atoms with Crippen LogP contribution >= 0.6 is 11.6 Å². The first-order valence-corrected chi connectivity index (χ1v) is 5.64. The molecular weight excluding hydrogens is 238 g/mol. The van der Waals surface area contributed by atoms with Crippen molar-refractivity contribution < 1.29 is 4.74 Å². The van der Waals surface area contributed by atoms with Crippen LogP contribution in [0.15, 0.2) is 30.7 Å². The molecule has 5 heteroatoms. The van der Waals surface area contributed by atoms with Gasteiger partial charge in [-0.25, -0.2) is 4.98 Å². The average molecular weight is 252 g/mol. The molecule has 0 unspecified atom stereocenters. The van der Waals surface area contributed by atoms with Crippen LogP contribution in [0.3, 0.4) is 0 Å². The lowest BCUT2D eigenvalue weighted by molar-refractivity contribution is 0.408. The monoisotopic (exact) mass is 251 g/mol. The van der Waals surface area contributed by atoms with Gasteiger partial charge in [0.05, 0.1) is 25.7 Å². The molecule has 0 bridgehead atoms. The summed E-state index contributed by atoms with van der Waals surface area (Å²) >= 11 is 6.16. The summed E-state index contributed by atoms with van der Waals surface area (Å²) in [5, 5.41) is 0.687. The Balaban J connectivity index is 2.28. The van der Waals surface area contributed by atoms with E-state index in [2.05, 4.69) is 4.98 Å². The smallest absolute Gasteiger partial charge is 0.125 e. The van der Waals surface area contributed by atoms with Crippen LogP contribution in [0.5, 0.6) is 5.75 Å². The molecule has 0 radical (unpaired) electrons. The first-order chi connectivity index (χ1) is 8.24. The van der Waals surface area contributed by atoms with Crippen molar-refractivity contribution >= 4 is 11.6 Å². The normalized spacial score (nSPS) is 10.5. The summed E-state index contributed by atoms with van der Waals surface area (Å²) in [6, 6.07) is 5.60. The second kappa shape index (κ2) is 5.21. The van der Waals surface area contributed by atoms with E-state index in [0.29, 0.717) is 18.1 Å². The molecule has 90 valence electrons. The van der Waals surface area contributed by atoms with Gasteiger partial charge in [0.15, 0.2) is 0 Å². The number of methoxy groups -OCH3 is 1. The molecule has 0 amide bonds. The van der Waals surface area contributed by atoms with Crippen molar-refractivity contribution in [3.05, 3.63) is 47.0 Å². The molecule has 1 aromatic heterocycles. The van der Waals surface area contributed by atoms with Crippen LogP contribution in [0.2, 0.25) is 5.02 Å². The zero-order valence-electron chi connectivity index (χ0n) is 9.56. The molecule has 0 aliphatic carbocycles. The van der Waals surface area contributed by atoms with Crippen molar-refractivity contribution in [2.75, 3.05) is 7.11 Å². The van der Waals surface area contributed by atoms with Crippen LogP contribution in [0.4, 0.5) is 0 Å². The van der Waals surface area contributed by atoms with Crippen LogP contribution in [0, 0.1) is 0 Å². The van der Waals surface area contributed by atoms with Gasteiger partial charge in [-0.3, -0.25) is 0 Å². The van der Waals surface area contributed by atoms with Crippen LogP contribution in [-0.2, 0) is 13.1 Å². The van der Waals surface area contributed by atoms with Crippen LogP contribution < -0.4 is 10.5 Å². The third-order valence-corrected chi connectivity index (χ3v) is 2.89. The molecule has 0 saturated carbocycles. The van der Waals surface area contributed by atoms with Crippen molar-refractivity contribution in [2.24, 2.45) is 5.73 Å². The molecule has 1 aromatic carbocycles. The molecule has 0 aliphatic rings. The number of nitrogens with two attached hydrogens (primary N) is 1. The Morgan fingerprint density at radius 2 is 2.29 bits per heavy atom. The van der Waals surface area contributed by atoms with E-state index in [9.17, 15) is 0 Å². The van der Waals surface area contributed by atoms with Gasteiger partial charge < -0.3 is 15.0 Å². The van der Waals surface area contributed by atoms with E-state index in [1.165, 1.54) is 0 Å². The molecule has 4 nitrogen and oxygen atoms in total. The van der Waals surface area contributed by atoms with Crippen molar-refractivity contribution in [1.29, 1.82) is 0 Å². The Labute approximate surface area is 105 Å². The fourth-order valence-corrected chi connectivity index (χ4v) is 1.89. The van der Waals surface area contributed by atoms with Gasteiger partial charge in [-0.15, -0.1) is 0 Å². The van der Waals surface area contributed by atoms with Gasteiger partial charge in [0.1, 0.15) is 5.75 Å². The second-order valence-corrected chi connectivity index (χ2v) is 4.07. The maximum atomic E-state index is 6.16. The Morgan fingerprint density at radius 3 is 2.94 bits per heavy atom. The highest BCUT2D eigenvalue weighted by Crippen LogP contribution is 2.26. The highest BCUT2D eigenvalue weighted by Gasteiger charge is 2.08. The molecule has 0 atom stereocenters. The van der Waals surface area contributed by atoms with E-state index < -0.39 is 0 Å². The number of nitrogens with zero attached hydrogens (tertiary/aromatic N) is 2. The summed E-state index contributed by atoms with van der Waals surface area (Å²) in [5.74, 6) is 0.778. The molecule has 0 fully saturated rings. The number of ether oxygens (including phenoxy) is 1. The van der Waals surface area contributed by atoms with Gasteiger partial charge in [0.2, 0.25) is 0 Å². The third-order valence-electron chi connectivity index (χ3n) is 2.53. The van der Waals surface area contributed by atoms with Crippen LogP contribution in [0.25, 0.3) is 0 Å². The average Bonchev–Trinajstić information content (AvgIpc) is 2.79. The van der Waals surface area contributed by atoms with Gasteiger partial charge in [-0.1, -0.05) is 17.7 Å². The van der Waals surface area contributed by atoms with Gasteiger partial charge in [0.25, 0.3) is 0 Å². The van der Waals surface area contributed by atoms with E-state index in [1.807, 2.05) is 29.0 Å². The molecular formula is C12H14ClN3O. The lowest BCUT2D eigenvalue weighted by Gasteiger charge is -2.10. The largest absolute Gasteiger partial charge is 0.496 e. The van der Waals surface area contributed by atoms with Gasteiger partial charge in [-0.2, -0.15) is 0 Å². The maximum Gasteiger partial charge on any atom is 0.125 e. The van der Waals surface area contributed by atoms with Crippen molar-refractivity contribution in [2.45, 2.75) is 13.1 Å². The van der Waals surface area contributed by atoms with E-state index in [1.54, 1.807) is 13.4 Å². The standard InChI is InChI=1S/C12H14ClN3O/c1-17-12-4-2-3-11(13)10(12)7-16-6-9(5-14)15-8-16/h2-4,6,8H,5,7,14H2,1H3. The molecule has 1 heterocycles. The highest BCUT2D eigenvalue weighted by molar-refractivity contribution is 6.31. The summed E-state index contributed by atoms with van der Waals surface area (Å²) < 4.78 is 7.23. The minimum Gasteiger partial charge on any atom is -0.496 e. The van der Waals surface area contributed by atoms with Gasteiger partial charge in [-0.05, 0) is 12.1 Å². The fourth-order valence-electron chi connectivity index (χ4n) is 1.66. The summed E-state index contributed by atoms with van der Waals surface area (Å²) in [4.78, 5) is 4.17. The molecule has 2 aromatic rings. The number of benzene rings is 1. The van der Waals surface area contributed by atoms with E-state index in [-0.39, 0.29) is 0 Å². The molecule has 17 heavy (non-hydrogen) atoms. The van der Waals surface area contributed by atoms with Crippen LogP contribution in [-0.4, -0.2) is 16.7 Å². The van der Waals surface area contributed by atoms with Gasteiger partial charge in [0, 0.05) is 23.3 Å². The van der Waals surface area contributed by atoms with Crippen molar-refractivity contribution in [3.63, 3.8) is 0 Å². The number of aromatic nitrogens is 2. The lowest BCUT2D eigenvalue weighted by Crippen LogP contribution is -2.01. The van der Waals surface area contributed by atoms with Crippen molar-refractivity contribution in [1.82, 2.24) is 9.55 Å². The highest BCUT2D eigenvalue weighted by atomic mass is 35.5. The Bertz CT molecular complexity index is 510. The predicted molar refractivity (Wildman–Crippen MR) is 67.2 cm³/mol. The third kappa shape index (κ3) is 2.60. The number of hydrogen-bond donors (Lipinski definition) is 1. The Morgan fingerprint density at radius 1 is 1.47 bits per heavy atom. The summed E-state index contributed by atoms with van der Waals surface area (Å²) in [5.41, 5.74) is 7.32. The molecule has 2 N–H and O–H groups in total. The zero-order valence-corrected chi connectivity index (χ0v) is 10.3. The van der Waals surface area contributed by atoms with E-state index in [0.717, 1.165) is 17.0 Å². The predicted octanol–water partition coefficient (Wildman–Crippen LogP) is 2.05. The molecule has 0 saturated heterocycles. The Hall–Kier alpha value is -1.52. The topological polar surface area (TPSA) is 53.1 Å². The van der Waals surface area contributed by atoms with E-state index >= 15 is 0 Å². The maximum absolute atomic E-state index is 6.16. The fraction of sp³-hybridized carbons (Fsp3) is 0.250. The van der Waals surface area contributed by atoms with Gasteiger partial charge >= 0.3 is 0 Å². The minimum absolute atomic E-state index is 0.437. The SMILES string of the molecule is COc1cccc(Cl)c1Cn1cnc(CN)c1. The zero-order chi connectivity index (χ0) is 12.3. The van der Waals surface area contributed by atoms with Crippen molar-refractivity contribution in [3.8, 4) is 5.75 Å². The first kappa shape index (κ1) is 12.0.